The molecule has 0 fully saturated rings. The van der Waals surface area contributed by atoms with E-state index in [0.717, 1.165) is 11.3 Å². The van der Waals surface area contributed by atoms with Gasteiger partial charge in [0, 0.05) is 18.3 Å². The highest BCUT2D eigenvalue weighted by molar-refractivity contribution is 6.67. The third-order valence-corrected chi connectivity index (χ3v) is 1.99. The number of anilines is 1. The first kappa shape index (κ1) is 9.81. The summed E-state index contributed by atoms with van der Waals surface area (Å²) in [6.45, 7) is 3.65. The van der Waals surface area contributed by atoms with Crippen molar-refractivity contribution in [2.24, 2.45) is 0 Å². The number of halogens is 1. The molecule has 0 spiro atoms. The van der Waals surface area contributed by atoms with Crippen LogP contribution in [0.5, 0.6) is 0 Å². The van der Waals surface area contributed by atoms with Crippen molar-refractivity contribution in [2.75, 3.05) is 12.4 Å². The molecule has 68 valence electrons. The van der Waals surface area contributed by atoms with Gasteiger partial charge in [0.1, 0.15) is 0 Å². The Morgan fingerprint density at radius 2 is 2.31 bits per heavy atom. The maximum absolute atomic E-state index is 10.8. The minimum Gasteiger partial charge on any atom is -0.388 e. The van der Waals surface area contributed by atoms with E-state index in [9.17, 15) is 4.79 Å². The molecule has 2 nitrogen and oxygen atoms in total. The van der Waals surface area contributed by atoms with Crippen LogP contribution in [0.4, 0.5) is 5.69 Å². The highest BCUT2D eigenvalue weighted by Gasteiger charge is 2.04. The van der Waals surface area contributed by atoms with E-state index in [0.29, 0.717) is 5.56 Å². The van der Waals surface area contributed by atoms with Crippen molar-refractivity contribution in [3.63, 3.8) is 0 Å². The second-order valence-corrected chi connectivity index (χ2v) is 2.87. The van der Waals surface area contributed by atoms with Crippen LogP contribution in [0.3, 0.4) is 0 Å². The number of hydrogen-bond acceptors (Lipinski definition) is 2. The van der Waals surface area contributed by atoms with E-state index in [1.165, 1.54) is 0 Å². The van der Waals surface area contributed by atoms with E-state index in [2.05, 4.69) is 11.9 Å². The van der Waals surface area contributed by atoms with E-state index in [1.54, 1.807) is 24.3 Å². The standard InChI is InChI=1S/C10H10ClNO/c1-3-7-6-8(10(11)13)4-5-9(7)12-2/h3-6,12H,1H2,2H3. The topological polar surface area (TPSA) is 29.1 Å². The van der Waals surface area contributed by atoms with Crippen molar-refractivity contribution in [3.05, 3.63) is 35.9 Å². The Hall–Kier alpha value is -1.28. The van der Waals surface area contributed by atoms with E-state index in [1.807, 2.05) is 7.05 Å². The van der Waals surface area contributed by atoms with Crippen LogP contribution in [0.25, 0.3) is 6.08 Å². The summed E-state index contributed by atoms with van der Waals surface area (Å²) in [5.74, 6) is 0. The normalized spacial score (nSPS) is 9.38. The van der Waals surface area contributed by atoms with Gasteiger partial charge in [0.2, 0.25) is 0 Å². The second kappa shape index (κ2) is 4.10. The minimum absolute atomic E-state index is 0.453. The monoisotopic (exact) mass is 195 g/mol. The number of nitrogens with one attached hydrogen (secondary N) is 1. The van der Waals surface area contributed by atoms with Gasteiger partial charge in [0.25, 0.3) is 5.24 Å². The van der Waals surface area contributed by atoms with Crippen LogP contribution in [-0.4, -0.2) is 12.3 Å². The van der Waals surface area contributed by atoms with Gasteiger partial charge in [-0.15, -0.1) is 0 Å². The maximum atomic E-state index is 10.8. The van der Waals surface area contributed by atoms with Crippen LogP contribution in [-0.2, 0) is 0 Å². The molecule has 1 N–H and O–H groups in total. The van der Waals surface area contributed by atoms with Crippen LogP contribution in [0, 0.1) is 0 Å². The molecule has 0 radical (unpaired) electrons. The lowest BCUT2D eigenvalue weighted by molar-refractivity contribution is 0.108. The van der Waals surface area contributed by atoms with Crippen molar-refractivity contribution in [2.45, 2.75) is 0 Å². The van der Waals surface area contributed by atoms with E-state index in [-0.39, 0.29) is 0 Å². The lowest BCUT2D eigenvalue weighted by Crippen LogP contribution is -1.95. The predicted octanol–water partition coefficient (Wildman–Crippen LogP) is 2.75. The Balaban J connectivity index is 3.20. The molecule has 0 aliphatic rings. The molecule has 0 atom stereocenters. The van der Waals surface area contributed by atoms with Gasteiger partial charge in [-0.1, -0.05) is 12.7 Å². The van der Waals surface area contributed by atoms with Gasteiger partial charge >= 0.3 is 0 Å². The molecule has 0 aromatic heterocycles. The molecule has 0 unspecified atom stereocenters. The van der Waals surface area contributed by atoms with Gasteiger partial charge in [-0.25, -0.2) is 0 Å². The van der Waals surface area contributed by atoms with Crippen LogP contribution < -0.4 is 5.32 Å². The van der Waals surface area contributed by atoms with Gasteiger partial charge in [-0.05, 0) is 35.4 Å². The molecule has 0 amide bonds. The summed E-state index contributed by atoms with van der Waals surface area (Å²) >= 11 is 5.33. The largest absolute Gasteiger partial charge is 0.388 e. The summed E-state index contributed by atoms with van der Waals surface area (Å²) in [5, 5.41) is 2.53. The first-order valence-electron chi connectivity index (χ1n) is 3.83. The van der Waals surface area contributed by atoms with Crippen LogP contribution in [0.2, 0.25) is 0 Å². The number of carbonyl (C=O) groups excluding carboxylic acids is 1. The van der Waals surface area contributed by atoms with Gasteiger partial charge in [-0.3, -0.25) is 4.79 Å². The molecular formula is C10H10ClNO. The highest BCUT2D eigenvalue weighted by atomic mass is 35.5. The van der Waals surface area contributed by atoms with E-state index in [4.69, 9.17) is 11.6 Å². The quantitative estimate of drug-likeness (QED) is 0.752. The summed E-state index contributed by atoms with van der Waals surface area (Å²) in [4.78, 5) is 10.8. The molecule has 0 aliphatic heterocycles. The minimum atomic E-state index is -0.453. The van der Waals surface area contributed by atoms with Crippen molar-refractivity contribution in [1.82, 2.24) is 0 Å². The Labute approximate surface area is 82.2 Å². The summed E-state index contributed by atoms with van der Waals surface area (Å²) in [6, 6.07) is 5.18. The van der Waals surface area contributed by atoms with Crippen molar-refractivity contribution >= 4 is 28.6 Å². The third-order valence-electron chi connectivity index (χ3n) is 1.77. The zero-order valence-electron chi connectivity index (χ0n) is 7.30. The Morgan fingerprint density at radius 1 is 1.62 bits per heavy atom. The molecule has 1 rings (SSSR count). The Kier molecular flexibility index (Phi) is 3.09. The number of carbonyl (C=O) groups is 1. The molecule has 0 heterocycles. The molecule has 0 aliphatic carbocycles. The van der Waals surface area contributed by atoms with Gasteiger partial charge in [-0.2, -0.15) is 0 Å². The smallest absolute Gasteiger partial charge is 0.252 e. The average Bonchev–Trinajstić information content (AvgIpc) is 2.16. The lowest BCUT2D eigenvalue weighted by Gasteiger charge is -2.05. The summed E-state index contributed by atoms with van der Waals surface area (Å²) in [7, 11) is 1.81. The average molecular weight is 196 g/mol. The Morgan fingerprint density at radius 3 is 2.77 bits per heavy atom. The SMILES string of the molecule is C=Cc1cc(C(=O)Cl)ccc1NC. The summed E-state index contributed by atoms with van der Waals surface area (Å²) < 4.78 is 0. The van der Waals surface area contributed by atoms with Crippen LogP contribution in [0.1, 0.15) is 15.9 Å². The molecule has 1 aromatic rings. The van der Waals surface area contributed by atoms with E-state index < -0.39 is 5.24 Å². The van der Waals surface area contributed by atoms with Gasteiger partial charge in [0.15, 0.2) is 0 Å². The Bertz CT molecular complexity index is 347. The highest BCUT2D eigenvalue weighted by Crippen LogP contribution is 2.19. The molecule has 1 aromatic carbocycles. The number of benzene rings is 1. The van der Waals surface area contributed by atoms with Crippen molar-refractivity contribution < 1.29 is 4.79 Å². The first-order chi connectivity index (χ1) is 6.19. The molecule has 0 saturated heterocycles. The number of hydrogen-bond donors (Lipinski definition) is 1. The predicted molar refractivity (Wildman–Crippen MR) is 56.3 cm³/mol. The maximum Gasteiger partial charge on any atom is 0.252 e. The summed E-state index contributed by atoms with van der Waals surface area (Å²) in [5.41, 5.74) is 2.28. The van der Waals surface area contributed by atoms with Crippen molar-refractivity contribution in [1.29, 1.82) is 0 Å². The zero-order valence-corrected chi connectivity index (χ0v) is 8.06. The molecular weight excluding hydrogens is 186 g/mol. The zero-order chi connectivity index (χ0) is 9.84. The van der Waals surface area contributed by atoms with Gasteiger partial charge in [0.05, 0.1) is 0 Å². The molecule has 0 bridgehead atoms. The fraction of sp³-hybridized carbons (Fsp3) is 0.100. The lowest BCUT2D eigenvalue weighted by atomic mass is 10.1. The number of rotatable bonds is 3. The molecule has 3 heteroatoms. The summed E-state index contributed by atoms with van der Waals surface area (Å²) in [6.07, 6.45) is 1.68. The van der Waals surface area contributed by atoms with Gasteiger partial charge < -0.3 is 5.32 Å². The van der Waals surface area contributed by atoms with Crippen LogP contribution >= 0.6 is 11.6 Å². The fourth-order valence-electron chi connectivity index (χ4n) is 1.08. The second-order valence-electron chi connectivity index (χ2n) is 2.53. The van der Waals surface area contributed by atoms with Crippen LogP contribution in [0.15, 0.2) is 24.8 Å². The fourth-order valence-corrected chi connectivity index (χ4v) is 1.20. The molecule has 13 heavy (non-hydrogen) atoms. The van der Waals surface area contributed by atoms with Crippen molar-refractivity contribution in [3.8, 4) is 0 Å². The molecule has 0 saturated carbocycles. The third kappa shape index (κ3) is 2.10. The first-order valence-corrected chi connectivity index (χ1v) is 4.21. The van der Waals surface area contributed by atoms with E-state index >= 15 is 0 Å².